The molecule has 2 fully saturated rings. The fourth-order valence-corrected chi connectivity index (χ4v) is 2.85. The van der Waals surface area contributed by atoms with Gasteiger partial charge in [-0.1, -0.05) is 18.2 Å². The largest absolute Gasteiger partial charge is 0.378 e. The van der Waals surface area contributed by atoms with Gasteiger partial charge in [-0.3, -0.25) is 4.90 Å². The fraction of sp³-hybridized carbons (Fsp3) is 0.429. The maximum absolute atomic E-state index is 12.5. The third kappa shape index (κ3) is 2.48. The quantitative estimate of drug-likeness (QED) is 0.736. The number of amides is 2. The summed E-state index contributed by atoms with van der Waals surface area (Å²) in [5, 5.41) is 0.590. The molecule has 1 aromatic carbocycles. The summed E-state index contributed by atoms with van der Waals surface area (Å²) in [5.41, 5.74) is 1.04. The van der Waals surface area contributed by atoms with E-state index in [2.05, 4.69) is 0 Å². The number of carbonyl (C=O) groups is 1. The van der Waals surface area contributed by atoms with Gasteiger partial charge in [-0.15, -0.1) is 0 Å². The van der Waals surface area contributed by atoms with Crippen LogP contribution in [0.3, 0.4) is 0 Å². The number of morpholine rings is 1. The lowest BCUT2D eigenvalue weighted by atomic mass is 10.3. The average Bonchev–Trinajstić information content (AvgIpc) is 2.90. The lowest BCUT2D eigenvalue weighted by Gasteiger charge is -2.31. The highest BCUT2D eigenvalue weighted by Crippen LogP contribution is 2.21. The summed E-state index contributed by atoms with van der Waals surface area (Å²) >= 11 is 5.46. The molecule has 0 unspecified atom stereocenters. The van der Waals surface area contributed by atoms with E-state index in [1.54, 1.807) is 4.90 Å². The van der Waals surface area contributed by atoms with Crippen molar-refractivity contribution in [3.63, 3.8) is 0 Å². The first kappa shape index (κ1) is 13.3. The zero-order valence-electron chi connectivity index (χ0n) is 11.2. The number of ether oxygens (including phenoxy) is 1. The van der Waals surface area contributed by atoms with Crippen LogP contribution < -0.4 is 4.90 Å². The Balaban J connectivity index is 1.70. The molecule has 1 aromatic rings. The van der Waals surface area contributed by atoms with E-state index in [0.717, 1.165) is 12.2 Å². The third-order valence-electron chi connectivity index (χ3n) is 3.59. The molecule has 0 spiro atoms. The van der Waals surface area contributed by atoms with Crippen molar-refractivity contribution in [3.05, 3.63) is 30.3 Å². The first-order valence-corrected chi connectivity index (χ1v) is 7.19. The summed E-state index contributed by atoms with van der Waals surface area (Å²) in [5.74, 6) is 0. The van der Waals surface area contributed by atoms with Crippen LogP contribution in [-0.2, 0) is 4.74 Å². The van der Waals surface area contributed by atoms with Crippen LogP contribution in [0.15, 0.2) is 30.3 Å². The molecule has 0 saturated carbocycles. The zero-order chi connectivity index (χ0) is 13.9. The highest BCUT2D eigenvalue weighted by atomic mass is 32.1. The smallest absolute Gasteiger partial charge is 0.326 e. The molecular formula is C14H17N3O2S. The van der Waals surface area contributed by atoms with Crippen LogP contribution in [0.1, 0.15) is 0 Å². The van der Waals surface area contributed by atoms with Gasteiger partial charge in [0.15, 0.2) is 5.11 Å². The maximum Gasteiger partial charge on any atom is 0.326 e. The second kappa shape index (κ2) is 5.76. The third-order valence-corrected chi connectivity index (χ3v) is 4.03. The molecule has 0 radical (unpaired) electrons. The minimum atomic E-state index is -0.00303. The van der Waals surface area contributed by atoms with Crippen molar-refractivity contribution >= 4 is 29.0 Å². The summed E-state index contributed by atoms with van der Waals surface area (Å²) < 4.78 is 5.27. The molecule has 6 heteroatoms. The number of thiocarbonyl (C=S) groups is 1. The maximum atomic E-state index is 12.5. The summed E-state index contributed by atoms with van der Waals surface area (Å²) in [4.78, 5) is 18.0. The summed E-state index contributed by atoms with van der Waals surface area (Å²) in [6, 6.07) is 9.94. The van der Waals surface area contributed by atoms with Crippen LogP contribution in [0.4, 0.5) is 10.5 Å². The van der Waals surface area contributed by atoms with E-state index >= 15 is 0 Å². The van der Waals surface area contributed by atoms with E-state index in [0.29, 0.717) is 38.0 Å². The lowest BCUT2D eigenvalue weighted by molar-refractivity contribution is 0.0487. The first-order valence-electron chi connectivity index (χ1n) is 6.78. The van der Waals surface area contributed by atoms with Gasteiger partial charge in [0.05, 0.1) is 13.2 Å². The van der Waals surface area contributed by atoms with E-state index in [-0.39, 0.29) is 6.03 Å². The Kier molecular flexibility index (Phi) is 3.84. The molecule has 0 atom stereocenters. The molecule has 3 rings (SSSR count). The van der Waals surface area contributed by atoms with Gasteiger partial charge in [0.25, 0.3) is 0 Å². The predicted molar refractivity (Wildman–Crippen MR) is 80.9 cm³/mol. The van der Waals surface area contributed by atoms with Gasteiger partial charge >= 0.3 is 6.03 Å². The Labute approximate surface area is 123 Å². The highest BCUT2D eigenvalue weighted by Gasteiger charge is 2.33. The van der Waals surface area contributed by atoms with Crippen molar-refractivity contribution < 1.29 is 9.53 Å². The second-order valence-corrected chi connectivity index (χ2v) is 5.17. The van der Waals surface area contributed by atoms with Gasteiger partial charge in [0.2, 0.25) is 0 Å². The Morgan fingerprint density at radius 2 is 1.75 bits per heavy atom. The summed E-state index contributed by atoms with van der Waals surface area (Å²) in [7, 11) is 0. The molecular weight excluding hydrogens is 274 g/mol. The topological polar surface area (TPSA) is 36.0 Å². The standard InChI is InChI=1S/C14H17N3O2S/c18-13(15-8-10-19-11-9-15)17-7-6-16(14(17)20)12-4-2-1-3-5-12/h1-5H,6-11H2. The Morgan fingerprint density at radius 3 is 2.45 bits per heavy atom. The molecule has 2 heterocycles. The monoisotopic (exact) mass is 291 g/mol. The first-order chi connectivity index (χ1) is 9.77. The molecule has 106 valence electrons. The van der Waals surface area contributed by atoms with Crippen molar-refractivity contribution in [3.8, 4) is 0 Å². The van der Waals surface area contributed by atoms with Gasteiger partial charge in [0.1, 0.15) is 0 Å². The van der Waals surface area contributed by atoms with Crippen LogP contribution in [-0.4, -0.2) is 60.3 Å². The Morgan fingerprint density at radius 1 is 1.05 bits per heavy atom. The predicted octanol–water partition coefficient (Wildman–Crippen LogP) is 1.55. The number of hydrogen-bond acceptors (Lipinski definition) is 3. The number of rotatable bonds is 1. The van der Waals surface area contributed by atoms with Crippen LogP contribution in [0.25, 0.3) is 0 Å². The number of urea groups is 1. The fourth-order valence-electron chi connectivity index (χ4n) is 2.49. The van der Waals surface area contributed by atoms with E-state index < -0.39 is 0 Å². The van der Waals surface area contributed by atoms with Crippen LogP contribution in [0.5, 0.6) is 0 Å². The molecule has 2 saturated heterocycles. The summed E-state index contributed by atoms with van der Waals surface area (Å²) in [6.45, 7) is 3.89. The van der Waals surface area contributed by atoms with E-state index in [1.165, 1.54) is 0 Å². The molecule has 0 N–H and O–H groups in total. The van der Waals surface area contributed by atoms with Crippen molar-refractivity contribution in [2.45, 2.75) is 0 Å². The Bertz CT molecular complexity index is 502. The van der Waals surface area contributed by atoms with Crippen molar-refractivity contribution in [1.29, 1.82) is 0 Å². The van der Waals surface area contributed by atoms with Crippen LogP contribution in [0.2, 0.25) is 0 Å². The molecule has 20 heavy (non-hydrogen) atoms. The molecule has 0 aliphatic carbocycles. The number of carbonyl (C=O) groups excluding carboxylic acids is 1. The molecule has 5 nitrogen and oxygen atoms in total. The zero-order valence-corrected chi connectivity index (χ0v) is 12.0. The molecule has 2 aliphatic rings. The van der Waals surface area contributed by atoms with E-state index in [1.807, 2.05) is 40.1 Å². The molecule has 2 amide bonds. The van der Waals surface area contributed by atoms with E-state index in [9.17, 15) is 4.79 Å². The van der Waals surface area contributed by atoms with Gasteiger partial charge in [0, 0.05) is 31.9 Å². The Hall–Kier alpha value is -1.66. The average molecular weight is 291 g/mol. The number of hydrogen-bond donors (Lipinski definition) is 0. The van der Waals surface area contributed by atoms with Gasteiger partial charge in [-0.05, 0) is 24.4 Å². The number of benzene rings is 1. The minimum absolute atomic E-state index is 0.00303. The van der Waals surface area contributed by atoms with Crippen molar-refractivity contribution in [1.82, 2.24) is 9.80 Å². The summed E-state index contributed by atoms with van der Waals surface area (Å²) in [6.07, 6.45) is 0. The number of para-hydroxylation sites is 1. The van der Waals surface area contributed by atoms with Crippen molar-refractivity contribution in [2.24, 2.45) is 0 Å². The number of anilines is 1. The second-order valence-electron chi connectivity index (χ2n) is 4.80. The minimum Gasteiger partial charge on any atom is -0.378 e. The van der Waals surface area contributed by atoms with E-state index in [4.69, 9.17) is 17.0 Å². The van der Waals surface area contributed by atoms with Gasteiger partial charge in [-0.2, -0.15) is 0 Å². The van der Waals surface area contributed by atoms with Crippen molar-refractivity contribution in [2.75, 3.05) is 44.3 Å². The van der Waals surface area contributed by atoms with Gasteiger partial charge in [-0.25, -0.2) is 4.79 Å². The van der Waals surface area contributed by atoms with Gasteiger partial charge < -0.3 is 14.5 Å². The molecule has 0 aromatic heterocycles. The SMILES string of the molecule is O=C(N1CCOCC1)N1CCN(c2ccccc2)C1=S. The highest BCUT2D eigenvalue weighted by molar-refractivity contribution is 7.80. The lowest BCUT2D eigenvalue weighted by Crippen LogP contribution is -2.49. The normalized spacial score (nSPS) is 19.6. The molecule has 2 aliphatic heterocycles. The molecule has 0 bridgehead atoms. The van der Waals surface area contributed by atoms with Crippen LogP contribution >= 0.6 is 12.2 Å². The van der Waals surface area contributed by atoms with Crippen LogP contribution in [0, 0.1) is 0 Å². The number of nitrogens with zero attached hydrogens (tertiary/aromatic N) is 3.